The van der Waals surface area contributed by atoms with E-state index < -0.39 is 62.5 Å². The Balaban J connectivity index is 1.71. The first-order valence-corrected chi connectivity index (χ1v) is 15.3. The summed E-state index contributed by atoms with van der Waals surface area (Å²) in [7, 11) is -4.39. The third-order valence-corrected chi connectivity index (χ3v) is 11.2. The molecule has 0 bridgehead atoms. The van der Waals surface area contributed by atoms with Crippen molar-refractivity contribution in [3.05, 3.63) is 101 Å². The maximum absolute atomic E-state index is 14.8. The highest BCUT2D eigenvalue weighted by atomic mass is 32.2. The van der Waals surface area contributed by atoms with Gasteiger partial charge in [0.1, 0.15) is 10.6 Å². The van der Waals surface area contributed by atoms with Gasteiger partial charge in [-0.1, -0.05) is 55.0 Å². The third-order valence-electron chi connectivity index (χ3n) is 8.68. The van der Waals surface area contributed by atoms with Gasteiger partial charge in [-0.2, -0.15) is 26.3 Å². The van der Waals surface area contributed by atoms with Crippen LogP contribution in [0.5, 0.6) is 0 Å². The number of hydrogen-bond acceptors (Lipinski definition) is 4. The van der Waals surface area contributed by atoms with E-state index in [-0.39, 0.29) is 40.8 Å². The molecule has 3 aromatic carbocycles. The second kappa shape index (κ2) is 11.2. The van der Waals surface area contributed by atoms with Gasteiger partial charge in [-0.05, 0) is 79.0 Å². The summed E-state index contributed by atoms with van der Waals surface area (Å²) in [5.74, 6) is -1.39. The second-order valence-electron chi connectivity index (χ2n) is 11.2. The predicted octanol–water partition coefficient (Wildman–Crippen LogP) is 7.84. The van der Waals surface area contributed by atoms with Crippen molar-refractivity contribution < 1.29 is 49.0 Å². The number of sulfone groups is 1. The highest BCUT2D eigenvalue weighted by Crippen LogP contribution is 2.57. The molecule has 0 radical (unpaired) electrons. The van der Waals surface area contributed by atoms with E-state index in [2.05, 4.69) is 0 Å². The van der Waals surface area contributed by atoms with E-state index in [9.17, 15) is 44.3 Å². The van der Waals surface area contributed by atoms with E-state index in [4.69, 9.17) is 4.74 Å². The number of aliphatic hydroxyl groups excluding tert-OH is 1. The molecule has 43 heavy (non-hydrogen) atoms. The van der Waals surface area contributed by atoms with Gasteiger partial charge in [0.2, 0.25) is 0 Å². The van der Waals surface area contributed by atoms with Crippen LogP contribution in [0.25, 0.3) is 0 Å². The molecule has 0 heterocycles. The van der Waals surface area contributed by atoms with Crippen LogP contribution in [-0.4, -0.2) is 32.0 Å². The molecule has 2 atom stereocenters. The van der Waals surface area contributed by atoms with Gasteiger partial charge in [0.05, 0.1) is 17.6 Å². The summed E-state index contributed by atoms with van der Waals surface area (Å²) in [6.45, 7) is -0.985. The van der Waals surface area contributed by atoms with Gasteiger partial charge in [0.15, 0.2) is 9.84 Å². The number of halogens is 7. The Hall–Kier alpha value is -2.96. The maximum Gasteiger partial charge on any atom is 0.430 e. The summed E-state index contributed by atoms with van der Waals surface area (Å²) in [5.41, 5.74) is -6.05. The number of ether oxygens (including phenoxy) is 1. The Kier molecular flexibility index (Phi) is 8.19. The van der Waals surface area contributed by atoms with Crippen molar-refractivity contribution in [1.82, 2.24) is 0 Å². The Morgan fingerprint density at radius 1 is 0.860 bits per heavy atom. The van der Waals surface area contributed by atoms with Crippen LogP contribution < -0.4 is 0 Å². The Morgan fingerprint density at radius 3 is 2.00 bits per heavy atom. The predicted molar refractivity (Wildman–Crippen MR) is 143 cm³/mol. The average Bonchev–Trinajstić information content (AvgIpc) is 3.31. The molecule has 2 fully saturated rings. The quantitative estimate of drug-likeness (QED) is 0.204. The lowest BCUT2D eigenvalue weighted by atomic mass is 9.73. The molecule has 0 amide bonds. The average molecular weight is 631 g/mol. The molecule has 1 N–H and O–H groups in total. The van der Waals surface area contributed by atoms with Gasteiger partial charge in [-0.3, -0.25) is 0 Å². The van der Waals surface area contributed by atoms with E-state index >= 15 is 0 Å². The smallest absolute Gasteiger partial charge is 0.393 e. The van der Waals surface area contributed by atoms with Crippen molar-refractivity contribution in [2.24, 2.45) is 0 Å². The molecule has 0 aromatic heterocycles. The molecule has 0 unspecified atom stereocenters. The fourth-order valence-corrected chi connectivity index (χ4v) is 8.36. The van der Waals surface area contributed by atoms with E-state index in [1.165, 1.54) is 24.3 Å². The summed E-state index contributed by atoms with van der Waals surface area (Å²) in [6, 6.07) is 14.0. The molecule has 3 aromatic rings. The molecule has 0 aliphatic heterocycles. The molecule has 12 heteroatoms. The Morgan fingerprint density at radius 2 is 1.49 bits per heavy atom. The van der Waals surface area contributed by atoms with Crippen LogP contribution in [0, 0.1) is 5.82 Å². The number of aliphatic hydroxyl groups is 1. The van der Waals surface area contributed by atoms with Crippen LogP contribution in [0.4, 0.5) is 30.7 Å². The number of alkyl halides is 6. The van der Waals surface area contributed by atoms with Crippen LogP contribution >= 0.6 is 0 Å². The molecule has 0 spiro atoms. The first-order valence-electron chi connectivity index (χ1n) is 13.8. The zero-order valence-corrected chi connectivity index (χ0v) is 23.6. The van der Waals surface area contributed by atoms with Crippen LogP contribution in [0.1, 0.15) is 66.7 Å². The van der Waals surface area contributed by atoms with Gasteiger partial charge >= 0.3 is 12.4 Å². The minimum absolute atomic E-state index is 0.0275. The standard InChI is InChI=1S/C31H29F7O4S/c32-23-10-12-25(13-11-23)43(40,41)28(16-15-24(39)18-28)22-9-14-27(26(17-22)21-7-4-8-21)29(30(33,34)35,31(36,37)38)42-19-20-5-2-1-3-6-20/h1-3,5-6,9-14,17,21,24,39H,4,7-8,15-16,18-19H2/t24-,28-/m0/s1. The van der Waals surface area contributed by atoms with Crippen molar-refractivity contribution in [3.63, 3.8) is 0 Å². The second-order valence-corrected chi connectivity index (χ2v) is 13.5. The van der Waals surface area contributed by atoms with Gasteiger partial charge in [0, 0.05) is 5.56 Å². The van der Waals surface area contributed by atoms with Crippen molar-refractivity contribution in [1.29, 1.82) is 0 Å². The maximum atomic E-state index is 14.8. The van der Waals surface area contributed by atoms with E-state index in [0.717, 1.165) is 36.4 Å². The van der Waals surface area contributed by atoms with Crippen molar-refractivity contribution >= 4 is 9.84 Å². The van der Waals surface area contributed by atoms with Crippen molar-refractivity contribution in [2.45, 2.75) is 84.7 Å². The van der Waals surface area contributed by atoms with E-state index in [1.54, 1.807) is 6.07 Å². The van der Waals surface area contributed by atoms with Gasteiger partial charge in [-0.25, -0.2) is 12.8 Å². The largest absolute Gasteiger partial charge is 0.430 e. The normalized spacial score (nSPS) is 22.0. The number of rotatable bonds is 8. The molecule has 2 aliphatic carbocycles. The molecule has 232 valence electrons. The minimum Gasteiger partial charge on any atom is -0.393 e. The summed E-state index contributed by atoms with van der Waals surface area (Å²) in [5, 5.41) is 10.4. The molecule has 2 aliphatic rings. The fraction of sp³-hybridized carbons (Fsp3) is 0.419. The molecule has 4 nitrogen and oxygen atoms in total. The van der Waals surface area contributed by atoms with Crippen LogP contribution in [0.2, 0.25) is 0 Å². The highest BCUT2D eigenvalue weighted by molar-refractivity contribution is 7.92. The zero-order valence-electron chi connectivity index (χ0n) is 22.8. The molecule has 2 saturated carbocycles. The van der Waals surface area contributed by atoms with E-state index in [0.29, 0.717) is 25.3 Å². The fourth-order valence-electron chi connectivity index (χ4n) is 6.18. The van der Waals surface area contributed by atoms with Gasteiger partial charge < -0.3 is 9.84 Å². The van der Waals surface area contributed by atoms with E-state index in [1.807, 2.05) is 0 Å². The first kappa shape index (κ1) is 31.5. The Bertz CT molecular complexity index is 1540. The summed E-state index contributed by atoms with van der Waals surface area (Å²) < 4.78 is 133. The van der Waals surface area contributed by atoms with Gasteiger partial charge in [0.25, 0.3) is 5.60 Å². The van der Waals surface area contributed by atoms with Crippen molar-refractivity contribution in [2.75, 3.05) is 0 Å². The topological polar surface area (TPSA) is 63.6 Å². The first-order chi connectivity index (χ1) is 20.1. The summed E-state index contributed by atoms with van der Waals surface area (Å²) in [4.78, 5) is -0.275. The number of hydrogen-bond donors (Lipinski definition) is 1. The van der Waals surface area contributed by atoms with Gasteiger partial charge in [-0.15, -0.1) is 0 Å². The molecule has 0 saturated heterocycles. The SMILES string of the molecule is O=S(=O)(c1ccc(F)cc1)[C@@]1(c2ccc(C(OCc3ccccc3)(C(F)(F)F)C(F)(F)F)c(C3CCC3)c2)CC[C@H](O)C1. The number of benzene rings is 3. The summed E-state index contributed by atoms with van der Waals surface area (Å²) in [6.07, 6.45) is -12.2. The monoisotopic (exact) mass is 630 g/mol. The third kappa shape index (κ3) is 5.35. The summed E-state index contributed by atoms with van der Waals surface area (Å²) >= 11 is 0. The van der Waals surface area contributed by atoms with Crippen LogP contribution in [0.3, 0.4) is 0 Å². The zero-order chi connectivity index (χ0) is 31.3. The molecule has 5 rings (SSSR count). The highest BCUT2D eigenvalue weighted by Gasteiger charge is 2.74. The lowest BCUT2D eigenvalue weighted by Crippen LogP contribution is -2.56. The lowest BCUT2D eigenvalue weighted by Gasteiger charge is -2.41. The molecular formula is C31H29F7O4S. The van der Waals surface area contributed by atoms with Crippen molar-refractivity contribution in [3.8, 4) is 0 Å². The van der Waals surface area contributed by atoms with Crippen LogP contribution in [-0.2, 0) is 31.5 Å². The Labute approximate surface area is 244 Å². The molecular weight excluding hydrogens is 601 g/mol. The van der Waals surface area contributed by atoms with Crippen LogP contribution in [0.15, 0.2) is 77.7 Å². The lowest BCUT2D eigenvalue weighted by molar-refractivity contribution is -0.393. The minimum atomic E-state index is -5.93.